The molecule has 188 valence electrons. The first kappa shape index (κ1) is 23.9. The Balaban J connectivity index is 1.33. The molecule has 1 atom stereocenters. The maximum Gasteiger partial charge on any atom is 0.223 e. The molecule has 2 aromatic rings. The Kier molecular flexibility index (Phi) is 6.82. The summed E-state index contributed by atoms with van der Waals surface area (Å²) in [5, 5.41) is 0. The van der Waals surface area contributed by atoms with Crippen LogP contribution in [0.25, 0.3) is 0 Å². The van der Waals surface area contributed by atoms with Gasteiger partial charge in [0, 0.05) is 64.3 Å². The maximum atomic E-state index is 12.1. The van der Waals surface area contributed by atoms with E-state index in [2.05, 4.69) is 62.9 Å². The van der Waals surface area contributed by atoms with Crippen LogP contribution in [-0.4, -0.2) is 78.0 Å². The minimum atomic E-state index is 0.276. The number of piperidine rings is 1. The molecular weight excluding hydrogens is 438 g/mol. The summed E-state index contributed by atoms with van der Waals surface area (Å²) in [6.45, 7) is 10.8. The predicted molar refractivity (Wildman–Crippen MR) is 141 cm³/mol. The molecule has 0 radical (unpaired) electrons. The third-order valence-corrected chi connectivity index (χ3v) is 8.08. The monoisotopic (exact) mass is 477 g/mol. The van der Waals surface area contributed by atoms with Crippen LogP contribution in [0.1, 0.15) is 55.7 Å². The van der Waals surface area contributed by atoms with Crippen LogP contribution < -0.4 is 15.5 Å². The van der Waals surface area contributed by atoms with Crippen molar-refractivity contribution in [2.24, 2.45) is 0 Å². The fourth-order valence-corrected chi connectivity index (χ4v) is 5.79. The highest BCUT2D eigenvalue weighted by molar-refractivity contribution is 5.75. The number of rotatable bonds is 4. The first-order valence-corrected chi connectivity index (χ1v) is 13.2. The first-order valence-electron chi connectivity index (χ1n) is 13.2. The van der Waals surface area contributed by atoms with E-state index in [0.29, 0.717) is 24.3 Å². The zero-order valence-corrected chi connectivity index (χ0v) is 21.4. The van der Waals surface area contributed by atoms with Crippen LogP contribution in [0, 0.1) is 0 Å². The molecule has 1 aromatic carbocycles. The minimum absolute atomic E-state index is 0.276. The van der Waals surface area contributed by atoms with Gasteiger partial charge in [-0.1, -0.05) is 25.1 Å². The van der Waals surface area contributed by atoms with Crippen LogP contribution in [0.15, 0.2) is 24.3 Å². The molecule has 8 heteroatoms. The molecule has 4 heterocycles. The van der Waals surface area contributed by atoms with Gasteiger partial charge in [-0.15, -0.1) is 0 Å². The van der Waals surface area contributed by atoms with Gasteiger partial charge in [0.25, 0.3) is 0 Å². The van der Waals surface area contributed by atoms with Crippen molar-refractivity contribution in [3.63, 3.8) is 0 Å². The number of hydrogen-bond acceptors (Lipinski definition) is 7. The number of amides is 1. The number of hydrogen-bond donors (Lipinski definition) is 1. The molecule has 0 bridgehead atoms. The lowest BCUT2D eigenvalue weighted by atomic mass is 9.85. The molecule has 1 unspecified atom stereocenters. The lowest BCUT2D eigenvalue weighted by molar-refractivity contribution is -0.131. The summed E-state index contributed by atoms with van der Waals surface area (Å²) in [5.41, 5.74) is 10.4. The van der Waals surface area contributed by atoms with Gasteiger partial charge < -0.3 is 25.3 Å². The summed E-state index contributed by atoms with van der Waals surface area (Å²) < 4.78 is 0. The number of anilines is 3. The summed E-state index contributed by atoms with van der Waals surface area (Å²) in [6.07, 6.45) is 3.68. The van der Waals surface area contributed by atoms with Crippen molar-refractivity contribution in [1.82, 2.24) is 19.8 Å². The summed E-state index contributed by atoms with van der Waals surface area (Å²) in [6, 6.07) is 9.50. The van der Waals surface area contributed by atoms with E-state index in [4.69, 9.17) is 5.73 Å². The molecule has 0 saturated carbocycles. The Hall–Kier alpha value is -2.87. The standard InChI is InChI=1S/C27H39N7O/c1-4-26(35)33-9-7-20(8-10-33)22-6-5-21-15-19(2)34(18-23(21)16-22)25-17-24(29-27(28)30-25)32-13-11-31(3)12-14-32/h5-6,16-17,19-20H,4,7-15,18H2,1-3H3,(H2,28,29,30). The molecule has 1 aromatic heterocycles. The number of carbonyl (C=O) groups excluding carboxylic acids is 1. The minimum Gasteiger partial charge on any atom is -0.368 e. The van der Waals surface area contributed by atoms with Gasteiger partial charge in [-0.2, -0.15) is 9.97 Å². The number of benzene rings is 1. The van der Waals surface area contributed by atoms with Crippen molar-refractivity contribution in [1.29, 1.82) is 0 Å². The van der Waals surface area contributed by atoms with Crippen molar-refractivity contribution < 1.29 is 4.79 Å². The Bertz CT molecular complexity index is 1060. The molecule has 0 aliphatic carbocycles. The van der Waals surface area contributed by atoms with Crippen LogP contribution in [0.3, 0.4) is 0 Å². The van der Waals surface area contributed by atoms with Crippen molar-refractivity contribution in [3.05, 3.63) is 41.0 Å². The number of likely N-dealkylation sites (tertiary alicyclic amines) is 1. The smallest absolute Gasteiger partial charge is 0.223 e. The third-order valence-electron chi connectivity index (χ3n) is 8.08. The van der Waals surface area contributed by atoms with E-state index in [1.807, 2.05) is 11.8 Å². The lowest BCUT2D eigenvalue weighted by Crippen LogP contribution is -2.45. The molecule has 0 spiro atoms. The second kappa shape index (κ2) is 10.0. The Morgan fingerprint density at radius 2 is 1.71 bits per heavy atom. The number of nitrogen functional groups attached to an aromatic ring is 1. The van der Waals surface area contributed by atoms with Crippen molar-refractivity contribution >= 4 is 23.5 Å². The van der Waals surface area contributed by atoms with Gasteiger partial charge >= 0.3 is 0 Å². The van der Waals surface area contributed by atoms with Crippen LogP contribution in [-0.2, 0) is 17.8 Å². The van der Waals surface area contributed by atoms with Crippen LogP contribution in [0.4, 0.5) is 17.6 Å². The first-order chi connectivity index (χ1) is 16.9. The lowest BCUT2D eigenvalue weighted by Gasteiger charge is -2.38. The van der Waals surface area contributed by atoms with Crippen LogP contribution >= 0.6 is 0 Å². The van der Waals surface area contributed by atoms with E-state index < -0.39 is 0 Å². The molecule has 2 saturated heterocycles. The average Bonchev–Trinajstić information content (AvgIpc) is 2.87. The molecule has 1 amide bonds. The molecule has 5 rings (SSSR count). The van der Waals surface area contributed by atoms with E-state index in [0.717, 1.165) is 76.7 Å². The number of nitrogens with two attached hydrogens (primary N) is 1. The van der Waals surface area contributed by atoms with E-state index >= 15 is 0 Å². The Morgan fingerprint density at radius 3 is 2.43 bits per heavy atom. The number of likely N-dealkylation sites (N-methyl/N-ethyl adjacent to an activating group) is 1. The van der Waals surface area contributed by atoms with Crippen LogP contribution in [0.2, 0.25) is 0 Å². The Morgan fingerprint density at radius 1 is 1.00 bits per heavy atom. The van der Waals surface area contributed by atoms with Gasteiger partial charge in [0.05, 0.1) is 0 Å². The SMILES string of the molecule is CCC(=O)N1CCC(c2ccc3c(c2)CN(c2cc(N4CCN(C)CC4)nc(N)n2)C(C)C3)CC1. The highest BCUT2D eigenvalue weighted by atomic mass is 16.2. The number of aromatic nitrogens is 2. The van der Waals surface area contributed by atoms with Crippen molar-refractivity contribution in [2.75, 3.05) is 61.8 Å². The zero-order valence-electron chi connectivity index (χ0n) is 21.4. The van der Waals surface area contributed by atoms with Crippen molar-refractivity contribution in [2.45, 2.75) is 58.0 Å². The zero-order chi connectivity index (χ0) is 24.5. The van der Waals surface area contributed by atoms with E-state index in [1.165, 1.54) is 16.7 Å². The van der Waals surface area contributed by atoms with Gasteiger partial charge in [-0.25, -0.2) is 0 Å². The van der Waals surface area contributed by atoms with E-state index in [-0.39, 0.29) is 5.91 Å². The van der Waals surface area contributed by atoms with Gasteiger partial charge in [-0.3, -0.25) is 4.79 Å². The summed E-state index contributed by atoms with van der Waals surface area (Å²) in [5.74, 6) is 2.99. The van der Waals surface area contributed by atoms with Gasteiger partial charge in [0.2, 0.25) is 11.9 Å². The topological polar surface area (TPSA) is 81.8 Å². The second-order valence-corrected chi connectivity index (χ2v) is 10.5. The van der Waals surface area contributed by atoms with E-state index in [1.54, 1.807) is 0 Å². The van der Waals surface area contributed by atoms with Gasteiger partial charge in [0.1, 0.15) is 11.6 Å². The summed E-state index contributed by atoms with van der Waals surface area (Å²) >= 11 is 0. The quantitative estimate of drug-likeness (QED) is 0.725. The average molecular weight is 478 g/mol. The normalized spacial score (nSPS) is 21.8. The largest absolute Gasteiger partial charge is 0.368 e. The molecule has 3 aliphatic rings. The highest BCUT2D eigenvalue weighted by Crippen LogP contribution is 2.34. The molecule has 2 fully saturated rings. The number of carbonyl (C=O) groups is 1. The number of piperazine rings is 1. The summed E-state index contributed by atoms with van der Waals surface area (Å²) in [7, 11) is 2.16. The molecule has 35 heavy (non-hydrogen) atoms. The highest BCUT2D eigenvalue weighted by Gasteiger charge is 2.28. The summed E-state index contributed by atoms with van der Waals surface area (Å²) in [4.78, 5) is 30.3. The fourth-order valence-electron chi connectivity index (χ4n) is 5.79. The number of fused-ring (bicyclic) bond motifs is 1. The second-order valence-electron chi connectivity index (χ2n) is 10.5. The Labute approximate surface area is 209 Å². The van der Waals surface area contributed by atoms with Gasteiger partial charge in [-0.05, 0) is 55.8 Å². The van der Waals surface area contributed by atoms with Crippen LogP contribution in [0.5, 0.6) is 0 Å². The molecular formula is C27H39N7O. The predicted octanol–water partition coefficient (Wildman–Crippen LogP) is 2.88. The molecule has 2 N–H and O–H groups in total. The number of nitrogens with zero attached hydrogens (tertiary/aromatic N) is 6. The maximum absolute atomic E-state index is 12.1. The van der Waals surface area contributed by atoms with E-state index in [9.17, 15) is 4.79 Å². The van der Waals surface area contributed by atoms with Crippen molar-refractivity contribution in [3.8, 4) is 0 Å². The molecule has 8 nitrogen and oxygen atoms in total. The van der Waals surface area contributed by atoms with Gasteiger partial charge in [0.15, 0.2) is 0 Å². The third kappa shape index (κ3) is 5.08. The fraction of sp³-hybridized carbons (Fsp3) is 0.593. The molecule has 3 aliphatic heterocycles.